The number of aromatic nitrogens is 1. The summed E-state index contributed by atoms with van der Waals surface area (Å²) in [7, 11) is 1.59. The first-order chi connectivity index (χ1) is 14.1. The molecule has 0 radical (unpaired) electrons. The molecule has 0 fully saturated rings. The van der Waals surface area contributed by atoms with Gasteiger partial charge in [-0.05, 0) is 35.9 Å². The Labute approximate surface area is 167 Å². The SMILES string of the molecule is COc1ccccc1CNC(=O)c1ccc2nc(Cc3ccccc3F)oc2c1. The average Bonchev–Trinajstić information content (AvgIpc) is 3.15. The third-order valence-corrected chi connectivity index (χ3v) is 4.63. The maximum atomic E-state index is 13.8. The van der Waals surface area contributed by atoms with Gasteiger partial charge >= 0.3 is 0 Å². The number of nitrogens with zero attached hydrogens (tertiary/aromatic N) is 1. The molecular formula is C23H19FN2O3. The summed E-state index contributed by atoms with van der Waals surface area (Å²) in [5.74, 6) is 0.587. The van der Waals surface area contributed by atoms with Gasteiger partial charge in [-0.3, -0.25) is 4.79 Å². The lowest BCUT2D eigenvalue weighted by Crippen LogP contribution is -2.22. The van der Waals surface area contributed by atoms with Gasteiger partial charge in [0.25, 0.3) is 5.91 Å². The van der Waals surface area contributed by atoms with Gasteiger partial charge in [0.15, 0.2) is 11.5 Å². The van der Waals surface area contributed by atoms with Gasteiger partial charge in [-0.1, -0.05) is 36.4 Å². The van der Waals surface area contributed by atoms with E-state index in [2.05, 4.69) is 10.3 Å². The van der Waals surface area contributed by atoms with E-state index in [1.165, 1.54) is 6.07 Å². The number of oxazole rings is 1. The maximum absolute atomic E-state index is 13.8. The lowest BCUT2D eigenvalue weighted by Gasteiger charge is -2.09. The quantitative estimate of drug-likeness (QED) is 0.527. The molecule has 3 aromatic carbocycles. The van der Waals surface area contributed by atoms with E-state index >= 15 is 0 Å². The van der Waals surface area contributed by atoms with Crippen LogP contribution < -0.4 is 10.1 Å². The first-order valence-corrected chi connectivity index (χ1v) is 9.17. The molecule has 29 heavy (non-hydrogen) atoms. The Morgan fingerprint density at radius 2 is 1.83 bits per heavy atom. The fraction of sp³-hybridized carbons (Fsp3) is 0.130. The van der Waals surface area contributed by atoms with Crippen LogP contribution in [0.25, 0.3) is 11.1 Å². The van der Waals surface area contributed by atoms with E-state index in [9.17, 15) is 9.18 Å². The van der Waals surface area contributed by atoms with Crippen molar-refractivity contribution in [1.29, 1.82) is 0 Å². The predicted octanol–water partition coefficient (Wildman–Crippen LogP) is 4.50. The molecular weight excluding hydrogens is 371 g/mol. The van der Waals surface area contributed by atoms with Crippen molar-refractivity contribution in [3.8, 4) is 5.75 Å². The summed E-state index contributed by atoms with van der Waals surface area (Å²) in [5.41, 5.74) is 2.96. The molecule has 1 heterocycles. The van der Waals surface area contributed by atoms with Crippen molar-refractivity contribution in [2.45, 2.75) is 13.0 Å². The van der Waals surface area contributed by atoms with E-state index in [0.717, 1.165) is 11.3 Å². The first kappa shape index (κ1) is 18.7. The highest BCUT2D eigenvalue weighted by Crippen LogP contribution is 2.21. The predicted molar refractivity (Wildman–Crippen MR) is 107 cm³/mol. The van der Waals surface area contributed by atoms with Crippen LogP contribution in [0.4, 0.5) is 4.39 Å². The number of rotatable bonds is 6. The van der Waals surface area contributed by atoms with Crippen LogP contribution in [-0.4, -0.2) is 18.0 Å². The zero-order valence-electron chi connectivity index (χ0n) is 15.8. The van der Waals surface area contributed by atoms with Gasteiger partial charge in [-0.25, -0.2) is 9.37 Å². The molecule has 5 nitrogen and oxygen atoms in total. The molecule has 1 amide bonds. The van der Waals surface area contributed by atoms with E-state index in [0.29, 0.717) is 34.7 Å². The van der Waals surface area contributed by atoms with Crippen LogP contribution in [0.15, 0.2) is 71.1 Å². The fourth-order valence-corrected chi connectivity index (χ4v) is 3.12. The van der Waals surface area contributed by atoms with Crippen molar-refractivity contribution < 1.29 is 18.3 Å². The Morgan fingerprint density at radius 3 is 2.62 bits per heavy atom. The van der Waals surface area contributed by atoms with Crippen molar-refractivity contribution in [3.05, 3.63) is 95.1 Å². The monoisotopic (exact) mass is 390 g/mol. The van der Waals surface area contributed by atoms with E-state index < -0.39 is 0 Å². The number of para-hydroxylation sites is 1. The second kappa shape index (κ2) is 8.14. The molecule has 0 saturated heterocycles. The Kier molecular flexibility index (Phi) is 5.24. The van der Waals surface area contributed by atoms with Crippen molar-refractivity contribution >= 4 is 17.0 Å². The minimum absolute atomic E-state index is 0.232. The first-order valence-electron chi connectivity index (χ1n) is 9.17. The van der Waals surface area contributed by atoms with Crippen LogP contribution in [0.5, 0.6) is 5.75 Å². The maximum Gasteiger partial charge on any atom is 0.251 e. The number of carbonyl (C=O) groups excluding carboxylic acids is 1. The highest BCUT2D eigenvalue weighted by Gasteiger charge is 2.13. The van der Waals surface area contributed by atoms with Gasteiger partial charge in [0, 0.05) is 17.7 Å². The molecule has 0 atom stereocenters. The van der Waals surface area contributed by atoms with E-state index in [1.54, 1.807) is 43.5 Å². The minimum atomic E-state index is -0.300. The summed E-state index contributed by atoms with van der Waals surface area (Å²) in [5, 5.41) is 2.88. The molecule has 0 saturated carbocycles. The van der Waals surface area contributed by atoms with Gasteiger partial charge < -0.3 is 14.5 Å². The standard InChI is InChI=1S/C23H19FN2O3/c1-28-20-9-5-3-7-17(20)14-25-23(27)16-10-11-19-21(12-16)29-22(26-19)13-15-6-2-4-8-18(15)24/h2-12H,13-14H2,1H3,(H,25,27). The van der Waals surface area contributed by atoms with Crippen LogP contribution in [0.2, 0.25) is 0 Å². The third-order valence-electron chi connectivity index (χ3n) is 4.63. The molecule has 1 aromatic heterocycles. The zero-order valence-corrected chi connectivity index (χ0v) is 15.8. The van der Waals surface area contributed by atoms with Gasteiger partial charge in [-0.2, -0.15) is 0 Å². The lowest BCUT2D eigenvalue weighted by atomic mass is 10.1. The Bertz CT molecular complexity index is 1170. The number of ether oxygens (including phenoxy) is 1. The molecule has 6 heteroatoms. The Morgan fingerprint density at radius 1 is 1.07 bits per heavy atom. The van der Waals surface area contributed by atoms with Crippen LogP contribution in [-0.2, 0) is 13.0 Å². The number of hydrogen-bond donors (Lipinski definition) is 1. The van der Waals surface area contributed by atoms with Crippen molar-refractivity contribution in [2.75, 3.05) is 7.11 Å². The molecule has 1 N–H and O–H groups in total. The molecule has 146 valence electrons. The second-order valence-electron chi connectivity index (χ2n) is 6.55. The average molecular weight is 390 g/mol. The highest BCUT2D eigenvalue weighted by molar-refractivity contribution is 5.97. The molecule has 4 rings (SSSR count). The smallest absolute Gasteiger partial charge is 0.251 e. The number of fused-ring (bicyclic) bond motifs is 1. The van der Waals surface area contributed by atoms with Crippen LogP contribution in [0, 0.1) is 5.82 Å². The Hall–Kier alpha value is -3.67. The molecule has 0 aliphatic rings. The van der Waals surface area contributed by atoms with Gasteiger partial charge in [0.05, 0.1) is 13.5 Å². The summed E-state index contributed by atoms with van der Waals surface area (Å²) in [6.45, 7) is 0.343. The minimum Gasteiger partial charge on any atom is -0.496 e. The highest BCUT2D eigenvalue weighted by atomic mass is 19.1. The molecule has 4 aromatic rings. The summed E-state index contributed by atoms with van der Waals surface area (Å²) >= 11 is 0. The van der Waals surface area contributed by atoms with E-state index in [4.69, 9.17) is 9.15 Å². The lowest BCUT2D eigenvalue weighted by molar-refractivity contribution is 0.0950. The molecule has 0 aliphatic heterocycles. The number of carbonyl (C=O) groups is 1. The summed E-state index contributed by atoms with van der Waals surface area (Å²) in [6.07, 6.45) is 0.247. The summed E-state index contributed by atoms with van der Waals surface area (Å²) in [4.78, 5) is 16.9. The van der Waals surface area contributed by atoms with Gasteiger partial charge in [0.2, 0.25) is 0 Å². The molecule has 0 spiro atoms. The van der Waals surface area contributed by atoms with Gasteiger partial charge in [-0.15, -0.1) is 0 Å². The second-order valence-corrected chi connectivity index (χ2v) is 6.55. The number of amides is 1. The van der Waals surface area contributed by atoms with Crippen LogP contribution >= 0.6 is 0 Å². The van der Waals surface area contributed by atoms with Gasteiger partial charge in [0.1, 0.15) is 17.1 Å². The van der Waals surface area contributed by atoms with E-state index in [-0.39, 0.29) is 18.1 Å². The van der Waals surface area contributed by atoms with Crippen molar-refractivity contribution in [2.24, 2.45) is 0 Å². The van der Waals surface area contributed by atoms with Crippen LogP contribution in [0.3, 0.4) is 0 Å². The third kappa shape index (κ3) is 4.11. The summed E-state index contributed by atoms with van der Waals surface area (Å²) in [6, 6.07) is 19.1. The number of nitrogens with one attached hydrogen (secondary N) is 1. The fourth-order valence-electron chi connectivity index (χ4n) is 3.12. The molecule has 0 unspecified atom stereocenters. The number of hydrogen-bond acceptors (Lipinski definition) is 4. The topological polar surface area (TPSA) is 64.4 Å². The van der Waals surface area contributed by atoms with Crippen molar-refractivity contribution in [1.82, 2.24) is 10.3 Å². The Balaban J connectivity index is 1.49. The number of halogens is 1. The largest absolute Gasteiger partial charge is 0.496 e. The summed E-state index contributed by atoms with van der Waals surface area (Å²) < 4.78 is 24.9. The van der Waals surface area contributed by atoms with E-state index in [1.807, 2.05) is 24.3 Å². The zero-order chi connectivity index (χ0) is 20.2. The number of benzene rings is 3. The normalized spacial score (nSPS) is 10.8. The van der Waals surface area contributed by atoms with Crippen molar-refractivity contribution in [3.63, 3.8) is 0 Å². The van der Waals surface area contributed by atoms with Crippen LogP contribution in [0.1, 0.15) is 27.4 Å². The molecule has 0 aliphatic carbocycles. The molecule has 0 bridgehead atoms. The number of methoxy groups -OCH3 is 1.